The maximum atomic E-state index is 15.0. The van der Waals surface area contributed by atoms with Gasteiger partial charge < -0.3 is 19.5 Å². The monoisotopic (exact) mass is 619 g/mol. The van der Waals surface area contributed by atoms with Crippen LogP contribution in [0.5, 0.6) is 0 Å². The van der Waals surface area contributed by atoms with E-state index in [2.05, 4.69) is 15.4 Å². The highest BCUT2D eigenvalue weighted by Crippen LogP contribution is 2.29. The molecule has 0 spiro atoms. The molecule has 1 aliphatic heterocycles. The number of benzene rings is 1. The Labute approximate surface area is 260 Å². The van der Waals surface area contributed by atoms with E-state index in [1.807, 2.05) is 53.7 Å². The second-order valence-corrected chi connectivity index (χ2v) is 14.7. The van der Waals surface area contributed by atoms with Crippen molar-refractivity contribution in [1.82, 2.24) is 24.6 Å². The molecule has 0 radical (unpaired) electrons. The first-order valence-corrected chi connectivity index (χ1v) is 15.7. The molecule has 232 valence electrons. The van der Waals surface area contributed by atoms with Gasteiger partial charge in [-0.05, 0) is 84.7 Å². The summed E-state index contributed by atoms with van der Waals surface area (Å²) in [6, 6.07) is 12.1. The number of carbonyl (C=O) groups is 1. The lowest BCUT2D eigenvalue weighted by molar-refractivity contribution is 0.0202. The van der Waals surface area contributed by atoms with E-state index in [9.17, 15) is 13.7 Å². The first-order chi connectivity index (χ1) is 20.8. The molecule has 1 atom stereocenters. The second-order valence-electron chi connectivity index (χ2n) is 12.8. The summed E-state index contributed by atoms with van der Waals surface area (Å²) in [7, 11) is 0. The molecule has 5 rings (SSSR count). The van der Waals surface area contributed by atoms with Crippen molar-refractivity contribution in [3.05, 3.63) is 72.6 Å². The lowest BCUT2D eigenvalue weighted by Crippen LogP contribution is -2.43. The molecule has 1 fully saturated rings. The maximum absolute atomic E-state index is 15.0. The highest BCUT2D eigenvalue weighted by molar-refractivity contribution is 7.91. The molecular weight excluding hydrogens is 581 g/mol. The molecule has 10 nitrogen and oxygen atoms in total. The summed E-state index contributed by atoms with van der Waals surface area (Å²) in [6.07, 6.45) is 5.99. The van der Waals surface area contributed by atoms with Gasteiger partial charge in [0, 0.05) is 55.1 Å². The third-order valence-corrected chi connectivity index (χ3v) is 8.47. The van der Waals surface area contributed by atoms with Crippen LogP contribution in [0.2, 0.25) is 0 Å². The van der Waals surface area contributed by atoms with Gasteiger partial charge in [-0.3, -0.25) is 0 Å². The van der Waals surface area contributed by atoms with E-state index in [0.717, 1.165) is 5.39 Å². The third kappa shape index (κ3) is 7.54. The summed E-state index contributed by atoms with van der Waals surface area (Å²) >= 11 is -1.51. The van der Waals surface area contributed by atoms with Gasteiger partial charge in [0.15, 0.2) is 0 Å². The minimum absolute atomic E-state index is 0.0493. The Balaban J connectivity index is 1.40. The zero-order chi connectivity index (χ0) is 31.6. The standard InChI is InChI=1S/C32H38FN7O3S/c1-31(2,3)43-30(41)39-16-12-21(13-17-39)29(38-44(42)32(4,5)6)26-10-8-22-20-34-28(19-27(22)36-26)37-25-11-9-23(18-24(25)33)40-15-7-14-35-40/h7-11,14-15,18-21H,12-13,16-17H2,1-6H3,(H,34,37). The van der Waals surface area contributed by atoms with E-state index in [0.29, 0.717) is 54.4 Å². The topological polar surface area (TPSA) is 121 Å². The highest BCUT2D eigenvalue weighted by Gasteiger charge is 2.34. The van der Waals surface area contributed by atoms with Crippen LogP contribution in [0, 0.1) is 11.7 Å². The van der Waals surface area contributed by atoms with Gasteiger partial charge in [0.2, 0.25) is 0 Å². The van der Waals surface area contributed by atoms with Crippen molar-refractivity contribution in [2.45, 2.75) is 64.7 Å². The number of hydrogen-bond donors (Lipinski definition) is 1. The summed E-state index contributed by atoms with van der Waals surface area (Å²) in [5.74, 6) is -0.0690. The molecule has 4 aromatic rings. The summed E-state index contributed by atoms with van der Waals surface area (Å²) < 4.78 is 39.5. The molecule has 1 aliphatic rings. The molecule has 12 heteroatoms. The van der Waals surface area contributed by atoms with Crippen molar-refractivity contribution >= 4 is 45.6 Å². The number of aromatic nitrogens is 4. The minimum Gasteiger partial charge on any atom is -0.591 e. The number of halogens is 1. The number of ether oxygens (including phenoxy) is 1. The maximum Gasteiger partial charge on any atom is 0.410 e. The Morgan fingerprint density at radius 1 is 1.11 bits per heavy atom. The number of amides is 1. The van der Waals surface area contributed by atoms with Crippen molar-refractivity contribution in [2.75, 3.05) is 18.4 Å². The third-order valence-electron chi connectivity index (χ3n) is 7.06. The predicted molar refractivity (Wildman–Crippen MR) is 171 cm³/mol. The number of anilines is 2. The second kappa shape index (κ2) is 12.5. The van der Waals surface area contributed by atoms with Gasteiger partial charge in [0.25, 0.3) is 0 Å². The van der Waals surface area contributed by atoms with Crippen LogP contribution in [0.3, 0.4) is 0 Å². The fourth-order valence-electron chi connectivity index (χ4n) is 4.75. The highest BCUT2D eigenvalue weighted by atomic mass is 32.2. The van der Waals surface area contributed by atoms with E-state index in [1.54, 1.807) is 52.4 Å². The zero-order valence-electron chi connectivity index (χ0n) is 25.9. The molecule has 4 heterocycles. The molecule has 3 aromatic heterocycles. The van der Waals surface area contributed by atoms with Crippen LogP contribution in [0.15, 0.2) is 65.5 Å². The largest absolute Gasteiger partial charge is 0.591 e. The van der Waals surface area contributed by atoms with Crippen molar-refractivity contribution < 1.29 is 18.5 Å². The Hall–Kier alpha value is -4.03. The van der Waals surface area contributed by atoms with E-state index in [1.165, 1.54) is 6.07 Å². The number of hydrogen-bond acceptors (Lipinski definition) is 8. The minimum atomic E-state index is -1.51. The van der Waals surface area contributed by atoms with Crippen LogP contribution in [-0.2, 0) is 16.1 Å². The molecule has 1 N–H and O–H groups in total. The number of fused-ring (bicyclic) bond motifs is 1. The molecule has 1 saturated heterocycles. The van der Waals surface area contributed by atoms with Crippen molar-refractivity contribution in [3.63, 3.8) is 0 Å². The molecule has 44 heavy (non-hydrogen) atoms. The van der Waals surface area contributed by atoms with Crippen LogP contribution in [0.4, 0.5) is 20.7 Å². The summed E-state index contributed by atoms with van der Waals surface area (Å²) in [5, 5.41) is 7.99. The number of rotatable bonds is 6. The summed E-state index contributed by atoms with van der Waals surface area (Å²) in [5.41, 5.74) is 2.19. The van der Waals surface area contributed by atoms with E-state index in [-0.39, 0.29) is 17.7 Å². The molecule has 0 saturated carbocycles. The van der Waals surface area contributed by atoms with Crippen molar-refractivity contribution in [1.29, 1.82) is 0 Å². The van der Waals surface area contributed by atoms with Crippen molar-refractivity contribution in [3.8, 4) is 5.69 Å². The summed E-state index contributed by atoms with van der Waals surface area (Å²) in [6.45, 7) is 12.2. The number of likely N-dealkylation sites (tertiary alicyclic amines) is 1. The predicted octanol–water partition coefficient (Wildman–Crippen LogP) is 6.60. The lowest BCUT2D eigenvalue weighted by atomic mass is 9.90. The summed E-state index contributed by atoms with van der Waals surface area (Å²) in [4.78, 5) is 23.7. The Morgan fingerprint density at radius 3 is 2.50 bits per heavy atom. The van der Waals surface area contributed by atoms with Crippen LogP contribution in [-0.4, -0.2) is 64.4 Å². The van der Waals surface area contributed by atoms with Crippen LogP contribution >= 0.6 is 0 Å². The Morgan fingerprint density at radius 2 is 1.86 bits per heavy atom. The SMILES string of the molecule is CC(C)(C)OC(=O)N1CCC(C(=N[S+]([O-])C(C)(C)C)c2ccc3cnc(Nc4ccc(-n5cccn5)cc4F)cc3n2)CC1. The van der Waals surface area contributed by atoms with E-state index < -0.39 is 27.5 Å². The molecule has 1 unspecified atom stereocenters. The number of nitrogens with one attached hydrogen (secondary N) is 1. The number of piperidine rings is 1. The quantitative estimate of drug-likeness (QED) is 0.191. The van der Waals surface area contributed by atoms with Crippen LogP contribution < -0.4 is 5.32 Å². The van der Waals surface area contributed by atoms with E-state index in [4.69, 9.17) is 14.1 Å². The lowest BCUT2D eigenvalue weighted by Gasteiger charge is -2.33. The molecule has 0 bridgehead atoms. The molecular formula is C32H38FN7O3S. The van der Waals surface area contributed by atoms with Crippen LogP contribution in [0.25, 0.3) is 16.6 Å². The fourth-order valence-corrected chi connectivity index (χ4v) is 5.45. The van der Waals surface area contributed by atoms with Gasteiger partial charge in [-0.25, -0.2) is 23.8 Å². The van der Waals surface area contributed by atoms with Gasteiger partial charge in [0.1, 0.15) is 39.1 Å². The normalized spacial score (nSPS) is 15.8. The van der Waals surface area contributed by atoms with Crippen LogP contribution in [0.1, 0.15) is 60.1 Å². The first kappa shape index (κ1) is 31.4. The number of nitrogens with zero attached hydrogens (tertiary/aromatic N) is 6. The Bertz CT molecular complexity index is 1660. The van der Waals surface area contributed by atoms with Gasteiger partial charge in [-0.15, -0.1) is 0 Å². The average molecular weight is 620 g/mol. The van der Waals surface area contributed by atoms with Gasteiger partial charge >= 0.3 is 6.09 Å². The number of pyridine rings is 2. The van der Waals surface area contributed by atoms with Gasteiger partial charge in [-0.2, -0.15) is 5.10 Å². The first-order valence-electron chi connectivity index (χ1n) is 14.6. The van der Waals surface area contributed by atoms with Gasteiger partial charge in [-0.1, -0.05) is 4.40 Å². The van der Waals surface area contributed by atoms with Crippen molar-refractivity contribution in [2.24, 2.45) is 10.3 Å². The smallest absolute Gasteiger partial charge is 0.410 e. The Kier molecular flexibility index (Phi) is 8.94. The molecule has 1 amide bonds. The van der Waals surface area contributed by atoms with Gasteiger partial charge in [0.05, 0.1) is 22.6 Å². The average Bonchev–Trinajstić information content (AvgIpc) is 3.50. The fraction of sp³-hybridized carbons (Fsp3) is 0.406. The molecule has 0 aliphatic carbocycles. The van der Waals surface area contributed by atoms with E-state index >= 15 is 0 Å². The number of carbonyl (C=O) groups excluding carboxylic acids is 1. The zero-order valence-corrected chi connectivity index (χ0v) is 26.7. The molecule has 1 aromatic carbocycles.